The highest BCUT2D eigenvalue weighted by Gasteiger charge is 2.25. The molecule has 1 fully saturated rings. The van der Waals surface area contributed by atoms with Crippen LogP contribution >= 0.6 is 24.0 Å². The molecule has 1 saturated heterocycles. The van der Waals surface area contributed by atoms with E-state index in [4.69, 9.17) is 4.42 Å². The summed E-state index contributed by atoms with van der Waals surface area (Å²) in [6.45, 7) is 7.54. The molecule has 0 spiro atoms. The molecule has 2 amide bonds. The third-order valence-corrected chi connectivity index (χ3v) is 4.71. The van der Waals surface area contributed by atoms with Gasteiger partial charge in [-0.05, 0) is 37.6 Å². The molecule has 3 rings (SSSR count). The number of hydrogen-bond acceptors (Lipinski definition) is 5. The number of anilines is 1. The van der Waals surface area contributed by atoms with Gasteiger partial charge in [-0.25, -0.2) is 4.98 Å². The van der Waals surface area contributed by atoms with E-state index < -0.39 is 0 Å². The van der Waals surface area contributed by atoms with Crippen LogP contribution in [-0.2, 0) is 4.79 Å². The van der Waals surface area contributed by atoms with Gasteiger partial charge in [0.15, 0.2) is 11.7 Å². The quantitative estimate of drug-likeness (QED) is 0.332. The van der Waals surface area contributed by atoms with Crippen molar-refractivity contribution in [2.24, 2.45) is 4.99 Å². The molecule has 10 heteroatoms. The summed E-state index contributed by atoms with van der Waals surface area (Å²) in [5.41, 5.74) is 1.04. The van der Waals surface area contributed by atoms with Crippen LogP contribution in [0.1, 0.15) is 29.5 Å². The zero-order valence-corrected chi connectivity index (χ0v) is 20.2. The van der Waals surface area contributed by atoms with E-state index in [9.17, 15) is 9.59 Å². The summed E-state index contributed by atoms with van der Waals surface area (Å²) < 4.78 is 5.20. The summed E-state index contributed by atoms with van der Waals surface area (Å²) in [5, 5.41) is 6.04. The highest BCUT2D eigenvalue weighted by molar-refractivity contribution is 14.0. The number of hydrogen-bond donors (Lipinski definition) is 2. The van der Waals surface area contributed by atoms with Gasteiger partial charge in [0.25, 0.3) is 5.91 Å². The molecule has 0 bridgehead atoms. The number of halogens is 1. The molecule has 0 unspecified atom stereocenters. The lowest BCUT2D eigenvalue weighted by Crippen LogP contribution is -2.53. The zero-order chi connectivity index (χ0) is 21.3. The van der Waals surface area contributed by atoms with Crippen molar-refractivity contribution in [2.75, 3.05) is 44.6 Å². The Morgan fingerprint density at radius 3 is 2.52 bits per heavy atom. The molecule has 2 aromatic rings. The summed E-state index contributed by atoms with van der Waals surface area (Å²) >= 11 is 0. The van der Waals surface area contributed by atoms with E-state index in [2.05, 4.69) is 25.5 Å². The highest BCUT2D eigenvalue weighted by Crippen LogP contribution is 2.10. The molecular formula is C21H29IN6O3. The molecule has 2 aromatic heterocycles. The summed E-state index contributed by atoms with van der Waals surface area (Å²) in [7, 11) is 0. The number of aliphatic imine (C=N–C) groups is 1. The minimum absolute atomic E-state index is 0. The van der Waals surface area contributed by atoms with E-state index in [-0.39, 0.29) is 42.2 Å². The maximum Gasteiger partial charge on any atom is 0.289 e. The van der Waals surface area contributed by atoms with Gasteiger partial charge < -0.3 is 24.9 Å². The van der Waals surface area contributed by atoms with Crippen LogP contribution in [0.3, 0.4) is 0 Å². The number of amides is 2. The molecule has 9 nitrogen and oxygen atoms in total. The Morgan fingerprint density at radius 2 is 1.90 bits per heavy atom. The molecular weight excluding hydrogens is 511 g/mol. The first kappa shape index (κ1) is 24.6. The Labute approximate surface area is 199 Å². The fourth-order valence-electron chi connectivity index (χ4n) is 3.11. The molecule has 0 atom stereocenters. The first-order chi connectivity index (χ1) is 14.6. The van der Waals surface area contributed by atoms with Crippen molar-refractivity contribution in [1.82, 2.24) is 20.1 Å². The maximum absolute atomic E-state index is 12.4. The largest absolute Gasteiger partial charge is 0.459 e. The highest BCUT2D eigenvalue weighted by atomic mass is 127. The molecule has 0 saturated carbocycles. The molecule has 31 heavy (non-hydrogen) atoms. The van der Waals surface area contributed by atoms with Crippen LogP contribution in [0, 0.1) is 6.92 Å². The molecule has 0 aliphatic carbocycles. The molecule has 168 valence electrons. The minimum Gasteiger partial charge on any atom is -0.459 e. The second kappa shape index (κ2) is 12.3. The van der Waals surface area contributed by atoms with Gasteiger partial charge in [0.2, 0.25) is 5.91 Å². The van der Waals surface area contributed by atoms with Crippen molar-refractivity contribution >= 4 is 47.6 Å². The fourth-order valence-corrected chi connectivity index (χ4v) is 3.11. The Morgan fingerprint density at radius 1 is 1.16 bits per heavy atom. The van der Waals surface area contributed by atoms with Crippen molar-refractivity contribution < 1.29 is 14.0 Å². The van der Waals surface area contributed by atoms with Gasteiger partial charge in [-0.3, -0.25) is 14.6 Å². The Balaban J connectivity index is 0.00000341. The summed E-state index contributed by atoms with van der Waals surface area (Å²) in [4.78, 5) is 37.2. The molecule has 2 N–H and O–H groups in total. The molecule has 0 aromatic carbocycles. The lowest BCUT2D eigenvalue weighted by Gasteiger charge is -2.36. The van der Waals surface area contributed by atoms with E-state index in [1.807, 2.05) is 19.9 Å². The molecule has 0 radical (unpaired) electrons. The third-order valence-electron chi connectivity index (χ3n) is 4.71. The number of guanidine groups is 1. The van der Waals surface area contributed by atoms with Crippen molar-refractivity contribution in [1.29, 1.82) is 0 Å². The zero-order valence-electron chi connectivity index (χ0n) is 17.8. The predicted octanol–water partition coefficient (Wildman–Crippen LogP) is 2.35. The van der Waals surface area contributed by atoms with Gasteiger partial charge in [0.05, 0.1) is 12.8 Å². The van der Waals surface area contributed by atoms with Crippen molar-refractivity contribution in [3.8, 4) is 0 Å². The SMILES string of the molecule is CCNC(=NCCC(=O)Nc1ccc(C)cn1)N1CCN(C(=O)c2ccco2)CC1.I. The van der Waals surface area contributed by atoms with Crippen LogP contribution < -0.4 is 10.6 Å². The molecule has 1 aliphatic heterocycles. The van der Waals surface area contributed by atoms with Crippen LogP contribution in [0.5, 0.6) is 0 Å². The third kappa shape index (κ3) is 7.23. The van der Waals surface area contributed by atoms with Crippen molar-refractivity contribution in [3.63, 3.8) is 0 Å². The van der Waals surface area contributed by atoms with Gasteiger partial charge in [-0.15, -0.1) is 24.0 Å². The second-order valence-corrected chi connectivity index (χ2v) is 7.01. The van der Waals surface area contributed by atoms with E-state index in [0.29, 0.717) is 44.3 Å². The van der Waals surface area contributed by atoms with Crippen molar-refractivity contribution in [3.05, 3.63) is 48.0 Å². The summed E-state index contributed by atoms with van der Waals surface area (Å²) in [5.74, 6) is 1.43. The number of carbonyl (C=O) groups is 2. The number of furan rings is 1. The molecule has 1 aliphatic rings. The topological polar surface area (TPSA) is 103 Å². The smallest absolute Gasteiger partial charge is 0.289 e. The van der Waals surface area contributed by atoms with Gasteiger partial charge in [-0.1, -0.05) is 6.07 Å². The van der Waals surface area contributed by atoms with Crippen molar-refractivity contribution in [2.45, 2.75) is 20.3 Å². The van der Waals surface area contributed by atoms with Crippen LogP contribution in [-0.4, -0.2) is 71.8 Å². The summed E-state index contributed by atoms with van der Waals surface area (Å²) in [6.07, 6.45) is 3.49. The maximum atomic E-state index is 12.4. The number of pyridine rings is 1. The first-order valence-electron chi connectivity index (χ1n) is 10.2. The lowest BCUT2D eigenvalue weighted by atomic mass is 10.3. The lowest BCUT2D eigenvalue weighted by molar-refractivity contribution is -0.116. The Hall–Kier alpha value is -2.63. The number of nitrogens with zero attached hydrogens (tertiary/aromatic N) is 4. The first-order valence-corrected chi connectivity index (χ1v) is 10.2. The Kier molecular flexibility index (Phi) is 9.76. The average molecular weight is 540 g/mol. The van der Waals surface area contributed by atoms with E-state index in [1.165, 1.54) is 6.26 Å². The number of carbonyl (C=O) groups excluding carboxylic acids is 2. The summed E-state index contributed by atoms with van der Waals surface area (Å²) in [6, 6.07) is 7.08. The standard InChI is InChI=1S/C21H28N6O3.HI/c1-3-22-21(23-9-8-19(28)25-18-7-6-16(2)15-24-18)27-12-10-26(11-13-27)20(29)17-5-4-14-30-17;/h4-7,14-15H,3,8-13H2,1-2H3,(H,22,23)(H,24,25,28);1H. The van der Waals surface area contributed by atoms with Crippen LogP contribution in [0.25, 0.3) is 0 Å². The van der Waals surface area contributed by atoms with Crippen LogP contribution in [0.15, 0.2) is 46.1 Å². The monoisotopic (exact) mass is 540 g/mol. The van der Waals surface area contributed by atoms with Gasteiger partial charge >= 0.3 is 0 Å². The molecule has 3 heterocycles. The van der Waals surface area contributed by atoms with E-state index in [1.54, 1.807) is 29.3 Å². The number of nitrogens with one attached hydrogen (secondary N) is 2. The van der Waals surface area contributed by atoms with E-state index in [0.717, 1.165) is 18.1 Å². The normalized spacial score (nSPS) is 14.1. The Bertz CT molecular complexity index is 862. The average Bonchev–Trinajstić information content (AvgIpc) is 3.29. The minimum atomic E-state index is -0.125. The van der Waals surface area contributed by atoms with Gasteiger partial charge in [0, 0.05) is 45.3 Å². The second-order valence-electron chi connectivity index (χ2n) is 7.01. The number of piperazine rings is 1. The van der Waals surface area contributed by atoms with E-state index >= 15 is 0 Å². The van der Waals surface area contributed by atoms with Crippen LogP contribution in [0.4, 0.5) is 5.82 Å². The predicted molar refractivity (Wildman–Crippen MR) is 130 cm³/mol. The van der Waals surface area contributed by atoms with Crippen LogP contribution in [0.2, 0.25) is 0 Å². The van der Waals surface area contributed by atoms with Gasteiger partial charge in [0.1, 0.15) is 5.82 Å². The number of aryl methyl sites for hydroxylation is 1. The van der Waals surface area contributed by atoms with Gasteiger partial charge in [-0.2, -0.15) is 0 Å². The number of rotatable bonds is 6. The fraction of sp³-hybridized carbons (Fsp3) is 0.429. The number of aromatic nitrogens is 1.